The number of fused-ring (bicyclic) bond motifs is 11. The van der Waals surface area contributed by atoms with E-state index in [1.54, 1.807) is 0 Å². The lowest BCUT2D eigenvalue weighted by Gasteiger charge is -2.32. The van der Waals surface area contributed by atoms with E-state index in [1.165, 1.54) is 54.6 Å². The summed E-state index contributed by atoms with van der Waals surface area (Å²) in [5.74, 6) is 0.678. The second-order valence-electron chi connectivity index (χ2n) is 13.3. The Morgan fingerprint density at radius 3 is 1.98 bits per heavy atom. The Bertz CT molecular complexity index is 3100. The fourth-order valence-corrected chi connectivity index (χ4v) is 8.84. The third-order valence-electron chi connectivity index (χ3n) is 10.8. The molecule has 0 saturated heterocycles. The minimum absolute atomic E-state index is 0.678. The summed E-state index contributed by atoms with van der Waals surface area (Å²) in [6, 6.07) is 56.8. The van der Waals surface area contributed by atoms with Gasteiger partial charge in [-0.3, -0.25) is 4.57 Å². The van der Waals surface area contributed by atoms with Crippen molar-refractivity contribution in [2.45, 2.75) is 0 Å². The number of rotatable bonds is 2. The van der Waals surface area contributed by atoms with Crippen LogP contribution in [0.2, 0.25) is 0 Å². The zero-order chi connectivity index (χ0) is 32.5. The predicted molar refractivity (Wildman–Crippen MR) is 207 cm³/mol. The highest BCUT2D eigenvalue weighted by Gasteiger charge is 2.30. The Morgan fingerprint density at radius 2 is 1.08 bits per heavy atom. The molecule has 0 atom stereocenters. The number of hydrogen-bond acceptors (Lipinski definition) is 3. The number of nitrogens with zero attached hydrogens (tertiary/aromatic N) is 4. The van der Waals surface area contributed by atoms with E-state index in [9.17, 15) is 0 Å². The van der Waals surface area contributed by atoms with Crippen LogP contribution < -0.4 is 4.90 Å². The molecule has 10 aromatic rings. The normalized spacial score (nSPS) is 12.8. The number of benzene rings is 8. The van der Waals surface area contributed by atoms with Gasteiger partial charge in [-0.2, -0.15) is 0 Å². The third kappa shape index (κ3) is 3.25. The second-order valence-corrected chi connectivity index (χ2v) is 13.3. The van der Waals surface area contributed by atoms with Crippen molar-refractivity contribution < 1.29 is 0 Å². The largest absolute Gasteiger partial charge is 0.309 e. The van der Waals surface area contributed by atoms with E-state index in [0.717, 1.165) is 50.3 Å². The van der Waals surface area contributed by atoms with Crippen LogP contribution >= 0.6 is 0 Å². The summed E-state index contributed by atoms with van der Waals surface area (Å²) in [5, 5.41) is 8.58. The molecule has 1 aliphatic heterocycles. The van der Waals surface area contributed by atoms with E-state index in [4.69, 9.17) is 9.97 Å². The predicted octanol–water partition coefficient (Wildman–Crippen LogP) is 12.1. The van der Waals surface area contributed by atoms with Gasteiger partial charge in [-0.25, -0.2) is 9.97 Å². The van der Waals surface area contributed by atoms with Crippen molar-refractivity contribution in [2.24, 2.45) is 0 Å². The van der Waals surface area contributed by atoms with Gasteiger partial charge in [0.05, 0.1) is 39.0 Å². The van der Waals surface area contributed by atoms with E-state index < -0.39 is 0 Å². The molecular weight excluding hydrogens is 609 g/mol. The summed E-state index contributed by atoms with van der Waals surface area (Å²) < 4.78 is 2.31. The quantitative estimate of drug-likeness (QED) is 0.190. The molecule has 4 nitrogen and oxygen atoms in total. The van der Waals surface area contributed by atoms with Crippen LogP contribution in [0.5, 0.6) is 0 Å². The molecule has 4 heteroatoms. The second kappa shape index (κ2) is 9.43. The van der Waals surface area contributed by atoms with Gasteiger partial charge in [0, 0.05) is 22.0 Å². The molecule has 2 aliphatic rings. The van der Waals surface area contributed by atoms with Crippen LogP contribution in [0.3, 0.4) is 0 Å². The molecule has 0 N–H and O–H groups in total. The van der Waals surface area contributed by atoms with Gasteiger partial charge in [0.15, 0.2) is 0 Å². The zero-order valence-corrected chi connectivity index (χ0v) is 26.8. The number of anilines is 3. The first kappa shape index (κ1) is 26.2. The highest BCUT2D eigenvalue weighted by atomic mass is 15.2. The summed E-state index contributed by atoms with van der Waals surface area (Å²) >= 11 is 0. The lowest BCUT2D eigenvalue weighted by molar-refractivity contribution is 1.01. The maximum absolute atomic E-state index is 5.54. The highest BCUT2D eigenvalue weighted by Crippen LogP contribution is 2.53. The Morgan fingerprint density at radius 1 is 0.400 bits per heavy atom. The van der Waals surface area contributed by atoms with Crippen LogP contribution in [0.25, 0.3) is 93.7 Å². The average molecular weight is 635 g/mol. The van der Waals surface area contributed by atoms with Crippen LogP contribution in [-0.2, 0) is 0 Å². The Labute approximate surface area is 287 Å². The molecule has 0 spiro atoms. The molecule has 0 amide bonds. The topological polar surface area (TPSA) is 34.0 Å². The molecule has 12 rings (SSSR count). The van der Waals surface area contributed by atoms with Gasteiger partial charge >= 0.3 is 0 Å². The van der Waals surface area contributed by atoms with E-state index in [2.05, 4.69) is 167 Å². The molecule has 3 heterocycles. The SMILES string of the molecule is c1ccc(N2c3ccccc3-c3nc(-n4c5ccc6ccccc6c5c5c6cccc7c6c(cc54)-c4ccccc4-7)nc4cccc2c34)cc1. The van der Waals surface area contributed by atoms with Gasteiger partial charge in [-0.05, 0) is 86.3 Å². The van der Waals surface area contributed by atoms with Crippen molar-refractivity contribution in [3.8, 4) is 39.5 Å². The van der Waals surface area contributed by atoms with Crippen LogP contribution in [0, 0.1) is 0 Å². The standard InChI is InChI=1S/C46H26N4/c1-2-13-28(14-3-1)49-37-22-9-8-18-33(37)45-44-36(21-11-23-38(44)49)47-46(48-45)50-39-25-24-27-12-4-5-15-29(27)42(39)43-34-20-10-19-32-30-16-6-7-17-31(30)35(41(32)34)26-40(43)50/h1-26H. The maximum Gasteiger partial charge on any atom is 0.235 e. The van der Waals surface area contributed by atoms with Crippen LogP contribution in [0.4, 0.5) is 17.1 Å². The molecular formula is C46H26N4. The van der Waals surface area contributed by atoms with Gasteiger partial charge < -0.3 is 4.90 Å². The van der Waals surface area contributed by atoms with Crippen LogP contribution in [0.1, 0.15) is 0 Å². The Hall–Kier alpha value is -6.78. The van der Waals surface area contributed by atoms with Crippen molar-refractivity contribution in [1.29, 1.82) is 0 Å². The van der Waals surface area contributed by atoms with Crippen molar-refractivity contribution in [3.63, 3.8) is 0 Å². The summed E-state index contributed by atoms with van der Waals surface area (Å²) in [6.07, 6.45) is 0. The number of hydrogen-bond donors (Lipinski definition) is 0. The highest BCUT2D eigenvalue weighted by molar-refractivity contribution is 6.33. The fraction of sp³-hybridized carbons (Fsp3) is 0. The lowest BCUT2D eigenvalue weighted by Crippen LogP contribution is -2.16. The average Bonchev–Trinajstić information content (AvgIpc) is 3.69. The molecule has 1 aliphatic carbocycles. The minimum Gasteiger partial charge on any atom is -0.309 e. The molecule has 0 radical (unpaired) electrons. The Kier molecular flexibility index (Phi) is 4.94. The molecule has 0 fully saturated rings. The number of aromatic nitrogens is 3. The summed E-state index contributed by atoms with van der Waals surface area (Å²) in [6.45, 7) is 0. The van der Waals surface area contributed by atoms with Crippen molar-refractivity contribution in [3.05, 3.63) is 158 Å². The molecule has 0 bridgehead atoms. The van der Waals surface area contributed by atoms with Crippen molar-refractivity contribution in [2.75, 3.05) is 4.90 Å². The summed E-state index contributed by atoms with van der Waals surface area (Å²) in [7, 11) is 0. The van der Waals surface area contributed by atoms with E-state index in [1.807, 2.05) is 0 Å². The van der Waals surface area contributed by atoms with Crippen molar-refractivity contribution >= 4 is 71.3 Å². The molecule has 0 saturated carbocycles. The van der Waals surface area contributed by atoms with Crippen LogP contribution in [-0.4, -0.2) is 14.5 Å². The van der Waals surface area contributed by atoms with Gasteiger partial charge in [0.1, 0.15) is 0 Å². The molecule has 8 aromatic carbocycles. The molecule has 0 unspecified atom stereocenters. The third-order valence-corrected chi connectivity index (χ3v) is 10.8. The molecule has 50 heavy (non-hydrogen) atoms. The number of para-hydroxylation sites is 2. The van der Waals surface area contributed by atoms with Gasteiger partial charge in [-0.1, -0.05) is 115 Å². The molecule has 230 valence electrons. The van der Waals surface area contributed by atoms with E-state index >= 15 is 0 Å². The Balaban J connectivity index is 1.25. The summed E-state index contributed by atoms with van der Waals surface area (Å²) in [5.41, 5.74) is 13.6. The molecule has 2 aromatic heterocycles. The van der Waals surface area contributed by atoms with Crippen molar-refractivity contribution in [1.82, 2.24) is 14.5 Å². The fourth-order valence-electron chi connectivity index (χ4n) is 8.84. The first-order chi connectivity index (χ1) is 24.8. The van der Waals surface area contributed by atoms with E-state index in [-0.39, 0.29) is 0 Å². The van der Waals surface area contributed by atoms with Gasteiger partial charge in [0.2, 0.25) is 5.95 Å². The monoisotopic (exact) mass is 634 g/mol. The first-order valence-corrected chi connectivity index (χ1v) is 17.1. The maximum atomic E-state index is 5.54. The lowest BCUT2D eigenvalue weighted by atomic mass is 9.96. The zero-order valence-electron chi connectivity index (χ0n) is 26.8. The summed E-state index contributed by atoms with van der Waals surface area (Å²) in [4.78, 5) is 13.3. The van der Waals surface area contributed by atoms with Crippen LogP contribution in [0.15, 0.2) is 158 Å². The van der Waals surface area contributed by atoms with Gasteiger partial charge in [0.25, 0.3) is 0 Å². The first-order valence-electron chi connectivity index (χ1n) is 17.1. The van der Waals surface area contributed by atoms with E-state index in [0.29, 0.717) is 5.95 Å². The smallest absolute Gasteiger partial charge is 0.235 e. The minimum atomic E-state index is 0.678. The van der Waals surface area contributed by atoms with Gasteiger partial charge in [-0.15, -0.1) is 0 Å².